The van der Waals surface area contributed by atoms with Crippen molar-refractivity contribution in [3.63, 3.8) is 0 Å². The van der Waals surface area contributed by atoms with Crippen LogP contribution >= 0.6 is 0 Å². The molecule has 0 amide bonds. The number of fused-ring (bicyclic) bond motifs is 1. The zero-order valence-electron chi connectivity index (χ0n) is 11.0. The van der Waals surface area contributed by atoms with Gasteiger partial charge in [-0.2, -0.15) is 4.98 Å². The molecule has 0 aliphatic carbocycles. The monoisotopic (exact) mass is 269 g/mol. The van der Waals surface area contributed by atoms with Gasteiger partial charge in [0.2, 0.25) is 0 Å². The molecule has 0 unspecified atom stereocenters. The number of hydrogen-bond donors (Lipinski definition) is 1. The van der Waals surface area contributed by atoms with E-state index in [0.29, 0.717) is 17.6 Å². The normalized spacial score (nSPS) is 19.5. The minimum absolute atomic E-state index is 0.339. The van der Waals surface area contributed by atoms with E-state index in [2.05, 4.69) is 15.5 Å². The molecule has 1 N–H and O–H groups in total. The first-order chi connectivity index (χ1) is 9.90. The van der Waals surface area contributed by atoms with Crippen LogP contribution in [-0.2, 0) is 0 Å². The second-order valence-corrected chi connectivity index (χ2v) is 5.15. The molecule has 1 saturated heterocycles. The highest BCUT2D eigenvalue weighted by atomic mass is 16.5. The third kappa shape index (κ3) is 2.00. The number of benzene rings is 1. The molecule has 3 heterocycles. The zero-order valence-corrected chi connectivity index (χ0v) is 11.0. The molecule has 1 aliphatic heterocycles. The number of nitrogens with one attached hydrogen (secondary N) is 1. The minimum atomic E-state index is 0.339. The van der Waals surface area contributed by atoms with Gasteiger partial charge in [0.25, 0.3) is 5.89 Å². The number of para-hydroxylation sites is 1. The smallest absolute Gasteiger partial charge is 0.293 e. The molecular weight excluding hydrogens is 254 g/mol. The quantitative estimate of drug-likeness (QED) is 0.775. The van der Waals surface area contributed by atoms with E-state index in [1.54, 1.807) is 0 Å². The van der Waals surface area contributed by atoms with Gasteiger partial charge in [0, 0.05) is 17.8 Å². The second kappa shape index (κ2) is 4.76. The van der Waals surface area contributed by atoms with Crippen LogP contribution in [0.2, 0.25) is 0 Å². The molecule has 0 radical (unpaired) electrons. The summed E-state index contributed by atoms with van der Waals surface area (Å²) in [4.78, 5) is 4.49. The van der Waals surface area contributed by atoms with Crippen molar-refractivity contribution in [2.45, 2.75) is 18.8 Å². The maximum absolute atomic E-state index is 5.74. The highest BCUT2D eigenvalue weighted by Crippen LogP contribution is 2.28. The van der Waals surface area contributed by atoms with Crippen LogP contribution in [0.25, 0.3) is 22.6 Å². The van der Waals surface area contributed by atoms with E-state index in [0.717, 1.165) is 42.7 Å². The summed E-state index contributed by atoms with van der Waals surface area (Å²) in [6.45, 7) is 1.99. The van der Waals surface area contributed by atoms with Crippen LogP contribution in [0.4, 0.5) is 0 Å². The van der Waals surface area contributed by atoms with Crippen molar-refractivity contribution in [2.75, 3.05) is 13.1 Å². The highest BCUT2D eigenvalue weighted by Gasteiger charge is 2.22. The van der Waals surface area contributed by atoms with Crippen molar-refractivity contribution in [1.82, 2.24) is 15.5 Å². The molecule has 1 fully saturated rings. The molecule has 4 rings (SSSR count). The zero-order chi connectivity index (χ0) is 13.4. The molecule has 3 aromatic rings. The Morgan fingerprint density at radius 3 is 3.05 bits per heavy atom. The fraction of sp³-hybridized carbons (Fsp3) is 0.333. The van der Waals surface area contributed by atoms with Crippen LogP contribution in [-0.4, -0.2) is 23.2 Å². The third-order valence-corrected chi connectivity index (χ3v) is 3.74. The van der Waals surface area contributed by atoms with Crippen molar-refractivity contribution in [2.24, 2.45) is 0 Å². The Kier molecular flexibility index (Phi) is 2.77. The average molecular weight is 269 g/mol. The third-order valence-electron chi connectivity index (χ3n) is 3.74. The van der Waals surface area contributed by atoms with Crippen molar-refractivity contribution >= 4 is 11.0 Å². The van der Waals surface area contributed by atoms with E-state index < -0.39 is 0 Å². The molecule has 1 atom stereocenters. The Balaban J connectivity index is 1.66. The Morgan fingerprint density at radius 1 is 1.25 bits per heavy atom. The Bertz CT molecular complexity index is 692. The van der Waals surface area contributed by atoms with Gasteiger partial charge in [-0.25, -0.2) is 0 Å². The molecule has 20 heavy (non-hydrogen) atoms. The Labute approximate surface area is 116 Å². The minimum Gasteiger partial charge on any atom is -0.451 e. The van der Waals surface area contributed by atoms with Gasteiger partial charge in [-0.15, -0.1) is 0 Å². The SMILES string of the molecule is c1ccc2oc(-c3nc([C@@H]4CCCNC4)no3)cc2c1. The first kappa shape index (κ1) is 11.7. The van der Waals surface area contributed by atoms with Crippen molar-refractivity contribution in [3.8, 4) is 11.7 Å². The topological polar surface area (TPSA) is 64.1 Å². The van der Waals surface area contributed by atoms with E-state index in [1.807, 2.05) is 30.3 Å². The lowest BCUT2D eigenvalue weighted by Crippen LogP contribution is -2.28. The summed E-state index contributed by atoms with van der Waals surface area (Å²) in [6, 6.07) is 9.80. The van der Waals surface area contributed by atoms with Gasteiger partial charge in [-0.3, -0.25) is 0 Å². The van der Waals surface area contributed by atoms with E-state index >= 15 is 0 Å². The van der Waals surface area contributed by atoms with Gasteiger partial charge in [0.1, 0.15) is 5.58 Å². The lowest BCUT2D eigenvalue weighted by Gasteiger charge is -2.19. The Morgan fingerprint density at radius 2 is 2.20 bits per heavy atom. The molecule has 102 valence electrons. The van der Waals surface area contributed by atoms with Crippen molar-refractivity contribution in [3.05, 3.63) is 36.2 Å². The lowest BCUT2D eigenvalue weighted by atomic mass is 9.99. The van der Waals surface area contributed by atoms with Crippen molar-refractivity contribution in [1.29, 1.82) is 0 Å². The first-order valence-electron chi connectivity index (χ1n) is 6.93. The van der Waals surface area contributed by atoms with Crippen LogP contribution in [0.5, 0.6) is 0 Å². The van der Waals surface area contributed by atoms with E-state index in [1.165, 1.54) is 0 Å². The van der Waals surface area contributed by atoms with Gasteiger partial charge in [0.05, 0.1) is 0 Å². The van der Waals surface area contributed by atoms with Crippen LogP contribution in [0.1, 0.15) is 24.6 Å². The average Bonchev–Trinajstić information content (AvgIpc) is 3.14. The summed E-state index contributed by atoms with van der Waals surface area (Å²) in [5.41, 5.74) is 0.835. The van der Waals surface area contributed by atoms with E-state index in [-0.39, 0.29) is 0 Å². The van der Waals surface area contributed by atoms with Gasteiger partial charge in [-0.05, 0) is 31.5 Å². The molecule has 5 nitrogen and oxygen atoms in total. The van der Waals surface area contributed by atoms with Crippen LogP contribution in [0.15, 0.2) is 39.3 Å². The molecule has 0 bridgehead atoms. The summed E-state index contributed by atoms with van der Waals surface area (Å²) >= 11 is 0. The summed E-state index contributed by atoms with van der Waals surface area (Å²) in [5, 5.41) is 8.50. The molecule has 0 saturated carbocycles. The largest absolute Gasteiger partial charge is 0.451 e. The maximum Gasteiger partial charge on any atom is 0.293 e. The first-order valence-corrected chi connectivity index (χ1v) is 6.93. The number of aromatic nitrogens is 2. The summed E-state index contributed by atoms with van der Waals surface area (Å²) in [7, 11) is 0. The standard InChI is InChI=1S/C15H15N3O2/c1-2-6-12-10(4-1)8-13(19-12)15-17-14(18-20-15)11-5-3-7-16-9-11/h1-2,4,6,8,11,16H,3,5,7,9H2/t11-/m1/s1. The highest BCUT2D eigenvalue weighted by molar-refractivity contribution is 5.81. The van der Waals surface area contributed by atoms with Crippen LogP contribution in [0, 0.1) is 0 Å². The predicted octanol–water partition coefficient (Wildman–Crippen LogP) is 2.95. The van der Waals surface area contributed by atoms with Gasteiger partial charge in [0.15, 0.2) is 11.6 Å². The molecule has 1 aliphatic rings. The van der Waals surface area contributed by atoms with E-state index in [9.17, 15) is 0 Å². The van der Waals surface area contributed by atoms with Gasteiger partial charge >= 0.3 is 0 Å². The number of furan rings is 1. The predicted molar refractivity (Wildman–Crippen MR) is 74.4 cm³/mol. The van der Waals surface area contributed by atoms with E-state index in [4.69, 9.17) is 8.94 Å². The maximum atomic E-state index is 5.74. The second-order valence-electron chi connectivity index (χ2n) is 5.15. The summed E-state index contributed by atoms with van der Waals surface area (Å²) in [5.74, 6) is 2.20. The molecule has 5 heteroatoms. The number of piperidine rings is 1. The van der Waals surface area contributed by atoms with Crippen LogP contribution in [0.3, 0.4) is 0 Å². The Hall–Kier alpha value is -2.14. The van der Waals surface area contributed by atoms with Crippen LogP contribution < -0.4 is 5.32 Å². The number of nitrogens with zero attached hydrogens (tertiary/aromatic N) is 2. The number of rotatable bonds is 2. The summed E-state index contributed by atoms with van der Waals surface area (Å²) < 4.78 is 11.1. The number of hydrogen-bond acceptors (Lipinski definition) is 5. The summed E-state index contributed by atoms with van der Waals surface area (Å²) in [6.07, 6.45) is 2.26. The molecular formula is C15H15N3O2. The molecule has 0 spiro atoms. The molecule has 2 aromatic heterocycles. The van der Waals surface area contributed by atoms with Gasteiger partial charge < -0.3 is 14.3 Å². The van der Waals surface area contributed by atoms with Gasteiger partial charge in [-0.1, -0.05) is 23.4 Å². The fourth-order valence-electron chi connectivity index (χ4n) is 2.66. The van der Waals surface area contributed by atoms with Crippen molar-refractivity contribution < 1.29 is 8.94 Å². The molecule has 1 aromatic carbocycles. The lowest BCUT2D eigenvalue weighted by molar-refractivity contribution is 0.388. The fourth-order valence-corrected chi connectivity index (χ4v) is 2.66.